The quantitative estimate of drug-likeness (QED) is 0.476. The Morgan fingerprint density at radius 1 is 1.30 bits per heavy atom. The molecular formula is C8H12O2. The van der Waals surface area contributed by atoms with Crippen molar-refractivity contribution in [3.63, 3.8) is 0 Å². The second-order valence-electron chi connectivity index (χ2n) is 3.28. The summed E-state index contributed by atoms with van der Waals surface area (Å²) in [6.07, 6.45) is 5.82. The highest BCUT2D eigenvalue weighted by molar-refractivity contribution is 5.72. The van der Waals surface area contributed by atoms with Crippen molar-refractivity contribution in [2.24, 2.45) is 5.92 Å². The maximum absolute atomic E-state index is 10.8. The molecule has 0 N–H and O–H groups in total. The number of rotatable bonds is 0. The van der Waals surface area contributed by atoms with Crippen LogP contribution in [0, 0.1) is 5.92 Å². The minimum atomic E-state index is 0.0249. The van der Waals surface area contributed by atoms with Gasteiger partial charge in [-0.05, 0) is 19.3 Å². The predicted octanol–water partition coefficient (Wildman–Crippen LogP) is 1.49. The van der Waals surface area contributed by atoms with Crippen LogP contribution < -0.4 is 0 Å². The molecule has 0 aromatic rings. The first-order valence-corrected chi connectivity index (χ1v) is 4.06. The fraction of sp³-hybridized carbons (Fsp3) is 0.875. The van der Waals surface area contributed by atoms with Gasteiger partial charge in [0.15, 0.2) is 0 Å². The number of esters is 1. The number of carbonyl (C=O) groups excluding carboxylic acids is 1. The molecule has 0 radical (unpaired) electrons. The fourth-order valence-corrected chi connectivity index (χ4v) is 1.99. The first-order valence-electron chi connectivity index (χ1n) is 4.06. The summed E-state index contributed by atoms with van der Waals surface area (Å²) in [6.45, 7) is 0. The van der Waals surface area contributed by atoms with Crippen LogP contribution in [0.2, 0.25) is 0 Å². The van der Waals surface area contributed by atoms with Crippen LogP contribution in [0.4, 0.5) is 0 Å². The van der Waals surface area contributed by atoms with Crippen LogP contribution in [0.15, 0.2) is 0 Å². The molecule has 0 amide bonds. The second kappa shape index (κ2) is 2.26. The Hall–Kier alpha value is -0.530. The minimum Gasteiger partial charge on any atom is -0.462 e. The zero-order chi connectivity index (χ0) is 6.97. The van der Waals surface area contributed by atoms with E-state index in [1.807, 2.05) is 0 Å². The highest BCUT2D eigenvalue weighted by Gasteiger charge is 2.35. The number of carbonyl (C=O) groups is 1. The van der Waals surface area contributed by atoms with Crippen molar-refractivity contribution in [1.29, 1.82) is 0 Å². The molecule has 0 aromatic heterocycles. The molecule has 2 aliphatic rings. The summed E-state index contributed by atoms with van der Waals surface area (Å²) >= 11 is 0. The molecule has 2 nitrogen and oxygen atoms in total. The van der Waals surface area contributed by atoms with Crippen molar-refractivity contribution >= 4 is 5.97 Å². The van der Waals surface area contributed by atoms with Gasteiger partial charge in [-0.1, -0.05) is 6.42 Å². The van der Waals surface area contributed by atoms with Crippen molar-refractivity contribution in [2.75, 3.05) is 0 Å². The summed E-state index contributed by atoms with van der Waals surface area (Å²) in [6, 6.07) is 0. The van der Waals surface area contributed by atoms with E-state index in [9.17, 15) is 4.79 Å². The summed E-state index contributed by atoms with van der Waals surface area (Å²) in [5, 5.41) is 0. The lowest BCUT2D eigenvalue weighted by Gasteiger charge is -2.21. The van der Waals surface area contributed by atoms with Crippen molar-refractivity contribution < 1.29 is 9.53 Å². The van der Waals surface area contributed by atoms with Gasteiger partial charge >= 0.3 is 5.97 Å². The van der Waals surface area contributed by atoms with Gasteiger partial charge in [-0.3, -0.25) is 4.79 Å². The Balaban J connectivity index is 2.04. The Kier molecular flexibility index (Phi) is 1.40. The Bertz CT molecular complexity index is 137. The van der Waals surface area contributed by atoms with Crippen LogP contribution in [0.1, 0.15) is 32.1 Å². The van der Waals surface area contributed by atoms with Crippen molar-refractivity contribution in [3.05, 3.63) is 0 Å². The molecule has 56 valence electrons. The molecule has 0 spiro atoms. The number of ether oxygens (including phenoxy) is 1. The predicted molar refractivity (Wildman–Crippen MR) is 36.5 cm³/mol. The zero-order valence-corrected chi connectivity index (χ0v) is 6.01. The standard InChI is InChI=1S/C8H12O2/c9-8-5-6-3-1-2-4-7(6)10-8/h6-7H,1-5H2/t6-,7-/m1/s1. The third-order valence-corrected chi connectivity index (χ3v) is 2.55. The molecule has 1 saturated heterocycles. The lowest BCUT2D eigenvalue weighted by atomic mass is 9.86. The first-order chi connectivity index (χ1) is 4.86. The number of hydrogen-bond donors (Lipinski definition) is 0. The Morgan fingerprint density at radius 2 is 2.10 bits per heavy atom. The van der Waals surface area contributed by atoms with Crippen LogP contribution in [0.25, 0.3) is 0 Å². The van der Waals surface area contributed by atoms with E-state index in [4.69, 9.17) is 4.74 Å². The van der Waals surface area contributed by atoms with Gasteiger partial charge < -0.3 is 4.74 Å². The Labute approximate surface area is 60.6 Å². The van der Waals surface area contributed by atoms with Crippen LogP contribution in [0.5, 0.6) is 0 Å². The third-order valence-electron chi connectivity index (χ3n) is 2.55. The van der Waals surface area contributed by atoms with Crippen LogP contribution >= 0.6 is 0 Å². The summed E-state index contributed by atoms with van der Waals surface area (Å²) in [4.78, 5) is 10.8. The molecule has 0 bridgehead atoms. The van der Waals surface area contributed by atoms with Gasteiger partial charge in [0, 0.05) is 5.92 Å². The fourth-order valence-electron chi connectivity index (χ4n) is 1.99. The first kappa shape index (κ1) is 6.20. The van der Waals surface area contributed by atoms with E-state index in [-0.39, 0.29) is 5.97 Å². The molecule has 2 rings (SSSR count). The lowest BCUT2D eigenvalue weighted by Crippen LogP contribution is -2.19. The number of hydrogen-bond acceptors (Lipinski definition) is 2. The van der Waals surface area contributed by atoms with Gasteiger partial charge in [0.2, 0.25) is 0 Å². The topological polar surface area (TPSA) is 26.3 Å². The molecule has 0 aromatic carbocycles. The smallest absolute Gasteiger partial charge is 0.306 e. The second-order valence-corrected chi connectivity index (χ2v) is 3.28. The van der Waals surface area contributed by atoms with Crippen LogP contribution in [-0.2, 0) is 9.53 Å². The van der Waals surface area contributed by atoms with Crippen molar-refractivity contribution in [3.8, 4) is 0 Å². The SMILES string of the molecule is O=C1C[C@H]2CCCC[C@H]2O1. The summed E-state index contributed by atoms with van der Waals surface area (Å²) in [7, 11) is 0. The molecule has 1 saturated carbocycles. The van der Waals surface area contributed by atoms with E-state index < -0.39 is 0 Å². The van der Waals surface area contributed by atoms with Gasteiger partial charge in [0.25, 0.3) is 0 Å². The average molecular weight is 140 g/mol. The molecule has 1 heterocycles. The van der Waals surface area contributed by atoms with E-state index in [1.54, 1.807) is 0 Å². The number of fused-ring (bicyclic) bond motifs is 1. The third kappa shape index (κ3) is 0.917. The van der Waals surface area contributed by atoms with Crippen LogP contribution in [-0.4, -0.2) is 12.1 Å². The molecule has 2 heteroatoms. The van der Waals surface area contributed by atoms with Gasteiger partial charge in [-0.25, -0.2) is 0 Å². The van der Waals surface area contributed by atoms with E-state index >= 15 is 0 Å². The molecular weight excluding hydrogens is 128 g/mol. The monoisotopic (exact) mass is 140 g/mol. The highest BCUT2D eigenvalue weighted by atomic mass is 16.5. The lowest BCUT2D eigenvalue weighted by molar-refractivity contribution is -0.141. The maximum atomic E-state index is 10.8. The van der Waals surface area contributed by atoms with Gasteiger partial charge in [-0.15, -0.1) is 0 Å². The maximum Gasteiger partial charge on any atom is 0.306 e. The van der Waals surface area contributed by atoms with Crippen LogP contribution in [0.3, 0.4) is 0 Å². The molecule has 0 unspecified atom stereocenters. The van der Waals surface area contributed by atoms with Gasteiger partial charge in [-0.2, -0.15) is 0 Å². The normalized spacial score (nSPS) is 39.0. The molecule has 2 fully saturated rings. The Morgan fingerprint density at radius 3 is 2.90 bits per heavy atom. The molecule has 2 atom stereocenters. The van der Waals surface area contributed by atoms with Crippen molar-refractivity contribution in [1.82, 2.24) is 0 Å². The van der Waals surface area contributed by atoms with E-state index in [0.29, 0.717) is 18.4 Å². The van der Waals surface area contributed by atoms with Gasteiger partial charge in [0.1, 0.15) is 6.10 Å². The van der Waals surface area contributed by atoms with Crippen molar-refractivity contribution in [2.45, 2.75) is 38.2 Å². The largest absolute Gasteiger partial charge is 0.462 e. The summed E-state index contributed by atoms with van der Waals surface area (Å²) < 4.78 is 5.13. The van der Waals surface area contributed by atoms with E-state index in [1.165, 1.54) is 19.3 Å². The minimum absolute atomic E-state index is 0.0249. The van der Waals surface area contributed by atoms with Gasteiger partial charge in [0.05, 0.1) is 6.42 Å². The van der Waals surface area contributed by atoms with E-state index in [2.05, 4.69) is 0 Å². The average Bonchev–Trinajstić information content (AvgIpc) is 2.27. The summed E-state index contributed by atoms with van der Waals surface area (Å²) in [5.74, 6) is 0.596. The molecule has 10 heavy (non-hydrogen) atoms. The zero-order valence-electron chi connectivity index (χ0n) is 6.01. The molecule has 1 aliphatic carbocycles. The summed E-state index contributed by atoms with van der Waals surface area (Å²) in [5.41, 5.74) is 0. The molecule has 1 aliphatic heterocycles. The highest BCUT2D eigenvalue weighted by Crippen LogP contribution is 2.34. The van der Waals surface area contributed by atoms with E-state index in [0.717, 1.165) is 6.42 Å².